The number of carboxylic acid groups (broad SMARTS) is 1. The van der Waals surface area contributed by atoms with Crippen molar-refractivity contribution >= 4 is 17.3 Å². The molecule has 2 saturated heterocycles. The Morgan fingerprint density at radius 2 is 1.81 bits per heavy atom. The van der Waals surface area contributed by atoms with Gasteiger partial charge in [-0.1, -0.05) is 50.5 Å². The van der Waals surface area contributed by atoms with E-state index < -0.39 is 12.0 Å². The Bertz CT molecular complexity index is 1380. The highest BCUT2D eigenvalue weighted by Crippen LogP contribution is 2.40. The fourth-order valence-electron chi connectivity index (χ4n) is 7.46. The minimum absolute atomic E-state index is 0.124. The molecule has 3 atom stereocenters. The minimum Gasteiger partial charge on any atom is -0.480 e. The molecule has 0 amide bonds. The zero-order valence-corrected chi connectivity index (χ0v) is 25.9. The molecule has 2 aromatic carbocycles. The van der Waals surface area contributed by atoms with Crippen molar-refractivity contribution in [2.75, 3.05) is 32.7 Å². The summed E-state index contributed by atoms with van der Waals surface area (Å²) in [6.45, 7) is 6.48. The van der Waals surface area contributed by atoms with E-state index in [1.54, 1.807) is 12.1 Å². The first-order chi connectivity index (χ1) is 20.9. The van der Waals surface area contributed by atoms with E-state index >= 15 is 0 Å². The molecule has 1 N–H and O–H groups in total. The molecule has 5 nitrogen and oxygen atoms in total. The summed E-state index contributed by atoms with van der Waals surface area (Å²) in [4.78, 5) is 23.5. The van der Waals surface area contributed by atoms with Crippen LogP contribution in [0.25, 0.3) is 0 Å². The Morgan fingerprint density at radius 1 is 1.05 bits per heavy atom. The summed E-state index contributed by atoms with van der Waals surface area (Å²) < 4.78 is 27.6. The highest BCUT2D eigenvalue weighted by Gasteiger charge is 2.41. The van der Waals surface area contributed by atoms with Crippen LogP contribution in [0, 0.1) is 23.5 Å². The Kier molecular flexibility index (Phi) is 9.55. The SMILES string of the molecule is CCc1nc(Cc2ccc(F)cc2)sc1C1CCN(C[C@H]2CN([C@H](CC3CCC3)C(=O)O)CC2c2cccc(F)c2)CC1. The maximum absolute atomic E-state index is 14.3. The van der Waals surface area contributed by atoms with Crippen LogP contribution in [0.2, 0.25) is 0 Å². The number of carboxylic acids is 1. The third-order valence-electron chi connectivity index (χ3n) is 10.1. The quantitative estimate of drug-likeness (QED) is 0.252. The van der Waals surface area contributed by atoms with Crippen molar-refractivity contribution < 1.29 is 18.7 Å². The highest BCUT2D eigenvalue weighted by molar-refractivity contribution is 7.11. The van der Waals surface area contributed by atoms with Crippen LogP contribution in [0.15, 0.2) is 48.5 Å². The summed E-state index contributed by atoms with van der Waals surface area (Å²) in [5.74, 6) is 0.229. The number of carbonyl (C=O) groups is 1. The molecular weight excluding hydrogens is 564 g/mol. The molecule has 3 aliphatic rings. The van der Waals surface area contributed by atoms with Crippen LogP contribution < -0.4 is 0 Å². The van der Waals surface area contributed by atoms with Crippen molar-refractivity contribution in [1.29, 1.82) is 0 Å². The van der Waals surface area contributed by atoms with Crippen LogP contribution in [0.5, 0.6) is 0 Å². The van der Waals surface area contributed by atoms with E-state index in [0.717, 1.165) is 87.3 Å². The van der Waals surface area contributed by atoms with E-state index in [1.165, 1.54) is 35.2 Å². The monoisotopic (exact) mass is 607 g/mol. The molecule has 3 heterocycles. The third kappa shape index (κ3) is 7.18. The second-order valence-corrected chi connectivity index (χ2v) is 14.0. The highest BCUT2D eigenvalue weighted by atomic mass is 32.1. The summed E-state index contributed by atoms with van der Waals surface area (Å²) in [7, 11) is 0. The second-order valence-electron chi connectivity index (χ2n) is 12.9. The lowest BCUT2D eigenvalue weighted by molar-refractivity contribution is -0.144. The zero-order valence-electron chi connectivity index (χ0n) is 25.1. The van der Waals surface area contributed by atoms with E-state index in [0.29, 0.717) is 18.4 Å². The smallest absolute Gasteiger partial charge is 0.320 e. The molecule has 1 aliphatic carbocycles. The molecular formula is C35H43F2N3O2S. The Hall–Kier alpha value is -2.68. The van der Waals surface area contributed by atoms with E-state index in [1.807, 2.05) is 29.5 Å². The summed E-state index contributed by atoms with van der Waals surface area (Å²) >= 11 is 1.82. The number of aliphatic carboxylic acids is 1. The largest absolute Gasteiger partial charge is 0.480 e. The van der Waals surface area contributed by atoms with Gasteiger partial charge in [0.15, 0.2) is 0 Å². The molecule has 0 spiro atoms. The molecule has 1 saturated carbocycles. The van der Waals surface area contributed by atoms with Crippen LogP contribution in [-0.2, 0) is 17.6 Å². The lowest BCUT2D eigenvalue weighted by Gasteiger charge is -2.35. The van der Waals surface area contributed by atoms with Crippen molar-refractivity contribution in [3.05, 3.63) is 86.9 Å². The van der Waals surface area contributed by atoms with Crippen molar-refractivity contribution in [2.45, 2.75) is 76.2 Å². The van der Waals surface area contributed by atoms with Gasteiger partial charge in [-0.05, 0) is 91.9 Å². The maximum atomic E-state index is 14.3. The molecule has 8 heteroatoms. The van der Waals surface area contributed by atoms with Crippen LogP contribution in [-0.4, -0.2) is 64.6 Å². The lowest BCUT2D eigenvalue weighted by atomic mass is 9.80. The zero-order chi connectivity index (χ0) is 29.9. The van der Waals surface area contributed by atoms with Crippen molar-refractivity contribution in [1.82, 2.24) is 14.8 Å². The molecule has 3 fully saturated rings. The van der Waals surface area contributed by atoms with Crippen LogP contribution >= 0.6 is 11.3 Å². The number of piperidine rings is 1. The van der Waals surface area contributed by atoms with E-state index in [9.17, 15) is 18.7 Å². The molecule has 6 rings (SSSR count). The lowest BCUT2D eigenvalue weighted by Crippen LogP contribution is -2.43. The number of hydrogen-bond donors (Lipinski definition) is 1. The molecule has 3 aromatic rings. The van der Waals surface area contributed by atoms with Gasteiger partial charge in [0, 0.05) is 36.9 Å². The minimum atomic E-state index is -0.721. The number of aromatic nitrogens is 1. The molecule has 1 unspecified atom stereocenters. The fourth-order valence-corrected chi connectivity index (χ4v) is 8.82. The molecule has 43 heavy (non-hydrogen) atoms. The van der Waals surface area contributed by atoms with Gasteiger partial charge in [0.25, 0.3) is 0 Å². The van der Waals surface area contributed by atoms with Gasteiger partial charge in [-0.25, -0.2) is 13.8 Å². The number of thiazole rings is 1. The summed E-state index contributed by atoms with van der Waals surface area (Å²) in [6, 6.07) is 13.2. The van der Waals surface area contributed by atoms with Gasteiger partial charge in [0.1, 0.15) is 17.7 Å². The van der Waals surface area contributed by atoms with Gasteiger partial charge < -0.3 is 10.0 Å². The number of aryl methyl sites for hydroxylation is 1. The molecule has 230 valence electrons. The normalized spacial score (nSPS) is 23.0. The van der Waals surface area contributed by atoms with Crippen molar-refractivity contribution in [3.8, 4) is 0 Å². The van der Waals surface area contributed by atoms with Gasteiger partial charge in [-0.2, -0.15) is 0 Å². The number of benzene rings is 2. The number of hydrogen-bond acceptors (Lipinski definition) is 5. The first-order valence-electron chi connectivity index (χ1n) is 16.0. The second kappa shape index (κ2) is 13.5. The van der Waals surface area contributed by atoms with E-state index in [2.05, 4.69) is 16.7 Å². The van der Waals surface area contributed by atoms with E-state index in [-0.39, 0.29) is 23.5 Å². The average molecular weight is 608 g/mol. The topological polar surface area (TPSA) is 56.7 Å². The van der Waals surface area contributed by atoms with Gasteiger partial charge in [0.05, 0.1) is 10.7 Å². The van der Waals surface area contributed by atoms with Gasteiger partial charge in [-0.3, -0.25) is 9.69 Å². The van der Waals surface area contributed by atoms with Gasteiger partial charge >= 0.3 is 5.97 Å². The average Bonchev–Trinajstić information content (AvgIpc) is 3.58. The first-order valence-corrected chi connectivity index (χ1v) is 16.9. The van der Waals surface area contributed by atoms with Gasteiger partial charge in [0.2, 0.25) is 0 Å². The summed E-state index contributed by atoms with van der Waals surface area (Å²) in [5.41, 5.74) is 3.26. The van der Waals surface area contributed by atoms with Crippen molar-refractivity contribution in [2.24, 2.45) is 11.8 Å². The predicted molar refractivity (Wildman–Crippen MR) is 167 cm³/mol. The van der Waals surface area contributed by atoms with Crippen LogP contribution in [0.4, 0.5) is 8.78 Å². The fraction of sp³-hybridized carbons (Fsp3) is 0.543. The Morgan fingerprint density at radius 3 is 2.47 bits per heavy atom. The molecule has 2 aliphatic heterocycles. The summed E-state index contributed by atoms with van der Waals surface area (Å²) in [5, 5.41) is 11.3. The number of nitrogens with zero attached hydrogens (tertiary/aromatic N) is 3. The number of rotatable bonds is 11. The molecule has 0 radical (unpaired) electrons. The number of halogens is 2. The first kappa shape index (κ1) is 30.4. The van der Waals surface area contributed by atoms with E-state index in [4.69, 9.17) is 4.98 Å². The van der Waals surface area contributed by atoms with Crippen LogP contribution in [0.1, 0.15) is 84.0 Å². The number of likely N-dealkylation sites (tertiary alicyclic amines) is 2. The Labute approximate surface area is 257 Å². The van der Waals surface area contributed by atoms with Crippen LogP contribution in [0.3, 0.4) is 0 Å². The molecule has 1 aromatic heterocycles. The standard InChI is InChI=1S/C35H43F2N3O2S/c1-2-31-34(43-33(38-31)18-24-9-11-28(36)12-10-24)25-13-15-39(16-14-25)20-27-21-40(32(35(41)42)17-23-5-3-6-23)22-30(27)26-7-4-8-29(37)19-26/h4,7-12,19,23,25,27,30,32H,2-3,5-6,13-18,20-22H2,1H3,(H,41,42)/t27-,30?,32+/m0/s1. The Balaban J connectivity index is 1.11. The van der Waals surface area contributed by atoms with Crippen molar-refractivity contribution in [3.63, 3.8) is 0 Å². The van der Waals surface area contributed by atoms with Gasteiger partial charge in [-0.15, -0.1) is 11.3 Å². The molecule has 0 bridgehead atoms. The third-order valence-corrected chi connectivity index (χ3v) is 11.3. The summed E-state index contributed by atoms with van der Waals surface area (Å²) in [6.07, 6.45) is 7.99. The predicted octanol–water partition coefficient (Wildman–Crippen LogP) is 7.11. The maximum Gasteiger partial charge on any atom is 0.320 e.